The van der Waals surface area contributed by atoms with Crippen LogP contribution in [0.4, 0.5) is 0 Å². The number of cyclic esters (lactones) is 1. The van der Waals surface area contributed by atoms with E-state index in [-0.39, 0.29) is 18.0 Å². The third-order valence-corrected chi connectivity index (χ3v) is 3.37. The third-order valence-electron chi connectivity index (χ3n) is 2.50. The number of hydrogen-bond donors (Lipinski definition) is 0. The van der Waals surface area contributed by atoms with Crippen LogP contribution in [0.15, 0.2) is 30.3 Å². The van der Waals surface area contributed by atoms with Crippen molar-refractivity contribution >= 4 is 28.6 Å². The Labute approximate surface area is 96.8 Å². The van der Waals surface area contributed by atoms with Crippen molar-refractivity contribution in [1.82, 2.24) is 0 Å². The van der Waals surface area contributed by atoms with E-state index in [4.69, 9.17) is 4.74 Å². The monoisotopic (exact) mass is 302 g/mol. The third kappa shape index (κ3) is 1.92. The number of esters is 1. The molecule has 14 heavy (non-hydrogen) atoms. The SMILES string of the molecule is O=C1C[C@H](c2ccccc2)[C@H](CI)O1. The second-order valence-corrected chi connectivity index (χ2v) is 4.28. The molecular formula is C11H11IO2. The average molecular weight is 302 g/mol. The van der Waals surface area contributed by atoms with E-state index in [0.717, 1.165) is 4.43 Å². The Morgan fingerprint density at radius 2 is 2.07 bits per heavy atom. The van der Waals surface area contributed by atoms with Crippen LogP contribution in [-0.4, -0.2) is 16.5 Å². The minimum Gasteiger partial charge on any atom is -0.461 e. The Morgan fingerprint density at radius 1 is 1.36 bits per heavy atom. The maximum Gasteiger partial charge on any atom is 0.306 e. The van der Waals surface area contributed by atoms with E-state index >= 15 is 0 Å². The van der Waals surface area contributed by atoms with Crippen LogP contribution in [0, 0.1) is 0 Å². The Morgan fingerprint density at radius 3 is 2.71 bits per heavy atom. The molecule has 74 valence electrons. The van der Waals surface area contributed by atoms with Crippen molar-refractivity contribution in [2.75, 3.05) is 4.43 Å². The molecule has 2 atom stereocenters. The zero-order valence-corrected chi connectivity index (χ0v) is 9.81. The first-order valence-electron chi connectivity index (χ1n) is 4.61. The summed E-state index contributed by atoms with van der Waals surface area (Å²) in [5.41, 5.74) is 1.21. The van der Waals surface area contributed by atoms with Gasteiger partial charge in [-0.3, -0.25) is 4.79 Å². The molecule has 3 heteroatoms. The van der Waals surface area contributed by atoms with Gasteiger partial charge in [0.25, 0.3) is 0 Å². The summed E-state index contributed by atoms with van der Waals surface area (Å²) >= 11 is 2.26. The minimum absolute atomic E-state index is 0.0606. The van der Waals surface area contributed by atoms with Crippen LogP contribution in [0.3, 0.4) is 0 Å². The van der Waals surface area contributed by atoms with Gasteiger partial charge in [0.05, 0.1) is 6.42 Å². The molecule has 0 unspecified atom stereocenters. The summed E-state index contributed by atoms with van der Waals surface area (Å²) in [6, 6.07) is 10.1. The summed E-state index contributed by atoms with van der Waals surface area (Å²) in [5.74, 6) is 0.182. The summed E-state index contributed by atoms with van der Waals surface area (Å²) in [7, 11) is 0. The van der Waals surface area contributed by atoms with Gasteiger partial charge >= 0.3 is 5.97 Å². The standard InChI is InChI=1S/C11H11IO2/c12-7-10-9(6-11(13)14-10)8-4-2-1-3-5-8/h1-5,9-10H,6-7H2/t9-,10+/m1/s1. The molecule has 0 bridgehead atoms. The van der Waals surface area contributed by atoms with Crippen molar-refractivity contribution in [2.45, 2.75) is 18.4 Å². The lowest BCUT2D eigenvalue weighted by Crippen LogP contribution is -2.15. The predicted molar refractivity (Wildman–Crippen MR) is 62.6 cm³/mol. The molecule has 1 saturated heterocycles. The Balaban J connectivity index is 2.22. The van der Waals surface area contributed by atoms with E-state index in [1.165, 1.54) is 5.56 Å². The van der Waals surface area contributed by atoms with Crippen LogP contribution in [0.2, 0.25) is 0 Å². The highest BCUT2D eigenvalue weighted by molar-refractivity contribution is 14.1. The second kappa shape index (κ2) is 4.29. The van der Waals surface area contributed by atoms with E-state index in [0.29, 0.717) is 6.42 Å². The van der Waals surface area contributed by atoms with E-state index < -0.39 is 0 Å². The summed E-state index contributed by atoms with van der Waals surface area (Å²) in [4.78, 5) is 11.2. The quantitative estimate of drug-likeness (QED) is 0.477. The summed E-state index contributed by atoms with van der Waals surface area (Å²) in [6.07, 6.45) is 0.586. The molecule has 0 N–H and O–H groups in total. The zero-order chi connectivity index (χ0) is 9.97. The predicted octanol–water partition coefficient (Wildman–Crippen LogP) is 2.52. The smallest absolute Gasteiger partial charge is 0.306 e. The second-order valence-electron chi connectivity index (χ2n) is 3.40. The fourth-order valence-corrected chi connectivity index (χ4v) is 2.58. The highest BCUT2D eigenvalue weighted by Crippen LogP contribution is 2.32. The van der Waals surface area contributed by atoms with Crippen LogP contribution >= 0.6 is 22.6 Å². The number of rotatable bonds is 2. The fraction of sp³-hybridized carbons (Fsp3) is 0.364. The molecule has 0 spiro atoms. The number of carbonyl (C=O) groups excluding carboxylic acids is 1. The van der Waals surface area contributed by atoms with Crippen LogP contribution in [-0.2, 0) is 9.53 Å². The van der Waals surface area contributed by atoms with Crippen molar-refractivity contribution in [3.8, 4) is 0 Å². The summed E-state index contributed by atoms with van der Waals surface area (Å²) in [5, 5.41) is 0. The van der Waals surface area contributed by atoms with E-state index in [1.807, 2.05) is 18.2 Å². The topological polar surface area (TPSA) is 26.3 Å². The molecule has 0 aliphatic carbocycles. The highest BCUT2D eigenvalue weighted by Gasteiger charge is 2.34. The summed E-state index contributed by atoms with van der Waals surface area (Å²) < 4.78 is 6.10. The van der Waals surface area contributed by atoms with Gasteiger partial charge in [-0.05, 0) is 5.56 Å². The van der Waals surface area contributed by atoms with Crippen LogP contribution in [0.25, 0.3) is 0 Å². The van der Waals surface area contributed by atoms with Gasteiger partial charge in [-0.25, -0.2) is 0 Å². The molecule has 0 aromatic heterocycles. The molecular weight excluding hydrogens is 291 g/mol. The molecule has 2 rings (SSSR count). The normalized spacial score (nSPS) is 26.2. The van der Waals surface area contributed by atoms with Gasteiger partial charge < -0.3 is 4.74 Å². The van der Waals surface area contributed by atoms with Crippen LogP contribution < -0.4 is 0 Å². The Kier molecular flexibility index (Phi) is 3.05. The fourth-order valence-electron chi connectivity index (χ4n) is 1.78. The van der Waals surface area contributed by atoms with Crippen LogP contribution in [0.5, 0.6) is 0 Å². The van der Waals surface area contributed by atoms with Crippen molar-refractivity contribution in [2.24, 2.45) is 0 Å². The van der Waals surface area contributed by atoms with Crippen molar-refractivity contribution in [3.63, 3.8) is 0 Å². The lowest BCUT2D eigenvalue weighted by Gasteiger charge is -2.14. The number of halogens is 1. The first-order valence-corrected chi connectivity index (χ1v) is 6.14. The molecule has 1 aromatic carbocycles. The van der Waals surface area contributed by atoms with Gasteiger partial charge in [0.1, 0.15) is 6.10 Å². The molecule has 0 amide bonds. The molecule has 1 aromatic rings. The zero-order valence-electron chi connectivity index (χ0n) is 7.65. The molecule has 2 nitrogen and oxygen atoms in total. The Hall–Kier alpha value is -0.580. The minimum atomic E-state index is -0.0690. The lowest BCUT2D eigenvalue weighted by molar-refractivity contribution is -0.140. The van der Waals surface area contributed by atoms with Crippen molar-refractivity contribution in [1.29, 1.82) is 0 Å². The maximum absolute atomic E-state index is 11.2. The molecule has 1 heterocycles. The largest absolute Gasteiger partial charge is 0.461 e. The average Bonchev–Trinajstić information content (AvgIpc) is 2.61. The lowest BCUT2D eigenvalue weighted by atomic mass is 9.93. The van der Waals surface area contributed by atoms with Gasteiger partial charge in [-0.2, -0.15) is 0 Å². The molecule has 1 fully saturated rings. The van der Waals surface area contributed by atoms with Gasteiger partial charge in [-0.15, -0.1) is 0 Å². The van der Waals surface area contributed by atoms with Gasteiger partial charge in [0.15, 0.2) is 0 Å². The van der Waals surface area contributed by atoms with Crippen LogP contribution in [0.1, 0.15) is 17.9 Å². The Bertz CT molecular complexity index is 323. The molecule has 1 aliphatic heterocycles. The maximum atomic E-state index is 11.2. The first-order chi connectivity index (χ1) is 6.81. The van der Waals surface area contributed by atoms with Crippen molar-refractivity contribution < 1.29 is 9.53 Å². The van der Waals surface area contributed by atoms with Gasteiger partial charge in [-0.1, -0.05) is 52.9 Å². The van der Waals surface area contributed by atoms with E-state index in [9.17, 15) is 4.79 Å². The van der Waals surface area contributed by atoms with E-state index in [2.05, 4.69) is 34.7 Å². The number of hydrogen-bond acceptors (Lipinski definition) is 2. The first kappa shape index (κ1) is 9.96. The van der Waals surface area contributed by atoms with Crippen molar-refractivity contribution in [3.05, 3.63) is 35.9 Å². The number of carbonyl (C=O) groups is 1. The number of ether oxygens (including phenoxy) is 1. The highest BCUT2D eigenvalue weighted by atomic mass is 127. The van der Waals surface area contributed by atoms with E-state index in [1.54, 1.807) is 0 Å². The molecule has 1 aliphatic rings. The van der Waals surface area contributed by atoms with Gasteiger partial charge in [0.2, 0.25) is 0 Å². The molecule has 0 radical (unpaired) electrons. The molecule has 0 saturated carbocycles. The van der Waals surface area contributed by atoms with Gasteiger partial charge in [0, 0.05) is 10.3 Å². The summed E-state index contributed by atoms with van der Waals surface area (Å²) in [6.45, 7) is 0. The number of benzene rings is 1. The number of alkyl halides is 1.